The fraction of sp³-hybridized carbons (Fsp3) is 0.471. The van der Waals surface area contributed by atoms with E-state index in [1.165, 1.54) is 4.90 Å². The molecule has 0 unspecified atom stereocenters. The second-order valence-electron chi connectivity index (χ2n) is 5.84. The molecule has 0 aliphatic carbocycles. The fourth-order valence-electron chi connectivity index (χ4n) is 2.07. The van der Waals surface area contributed by atoms with Crippen LogP contribution in [0.2, 0.25) is 0 Å². The molecule has 0 saturated carbocycles. The highest BCUT2D eigenvalue weighted by Gasteiger charge is 2.20. The van der Waals surface area contributed by atoms with E-state index in [1.807, 2.05) is 13.0 Å². The van der Waals surface area contributed by atoms with Crippen molar-refractivity contribution in [2.75, 3.05) is 20.2 Å². The molecule has 114 valence electrons. The van der Waals surface area contributed by atoms with Crippen LogP contribution in [0.1, 0.15) is 41.8 Å². The third-order valence-corrected chi connectivity index (χ3v) is 2.76. The molecule has 1 aromatic rings. The van der Waals surface area contributed by atoms with Gasteiger partial charge in [0.2, 0.25) is 0 Å². The minimum atomic E-state index is -0.933. The average molecular weight is 289 g/mol. The Morgan fingerprint density at radius 3 is 2.57 bits per heavy atom. The Bertz CT molecular complexity index is 562. The molecule has 0 saturated heterocycles. The minimum Gasteiger partial charge on any atom is -0.395 e. The van der Waals surface area contributed by atoms with Crippen LogP contribution in [0.4, 0.5) is 0 Å². The number of benzene rings is 1. The van der Waals surface area contributed by atoms with Crippen molar-refractivity contribution in [3.63, 3.8) is 0 Å². The van der Waals surface area contributed by atoms with Crippen molar-refractivity contribution in [1.29, 1.82) is 0 Å². The first-order valence-electron chi connectivity index (χ1n) is 6.92. The van der Waals surface area contributed by atoms with Crippen molar-refractivity contribution in [3.05, 3.63) is 34.9 Å². The zero-order chi connectivity index (χ0) is 16.0. The molecular formula is C17H23NO3. The van der Waals surface area contributed by atoms with Crippen molar-refractivity contribution in [1.82, 2.24) is 4.90 Å². The van der Waals surface area contributed by atoms with Gasteiger partial charge in [0.05, 0.1) is 12.2 Å². The Morgan fingerprint density at radius 1 is 1.33 bits per heavy atom. The summed E-state index contributed by atoms with van der Waals surface area (Å²) in [6.07, 6.45) is 0.413. The third kappa shape index (κ3) is 5.99. The first-order valence-corrected chi connectivity index (χ1v) is 6.92. The molecule has 0 heterocycles. The zero-order valence-electron chi connectivity index (χ0n) is 13.1. The number of carbonyl (C=O) groups is 1. The Labute approximate surface area is 126 Å². The van der Waals surface area contributed by atoms with Gasteiger partial charge in [-0.2, -0.15) is 0 Å². The zero-order valence-corrected chi connectivity index (χ0v) is 13.1. The summed E-state index contributed by atoms with van der Waals surface area (Å²) >= 11 is 0. The lowest BCUT2D eigenvalue weighted by molar-refractivity contribution is 0.0368. The predicted octanol–water partition coefficient (Wildman–Crippen LogP) is 1.57. The van der Waals surface area contributed by atoms with Gasteiger partial charge in [-0.15, -0.1) is 0 Å². The summed E-state index contributed by atoms with van der Waals surface area (Å²) in [7, 11) is 1.67. The molecule has 21 heavy (non-hydrogen) atoms. The van der Waals surface area contributed by atoms with Gasteiger partial charge in [-0.25, -0.2) is 0 Å². The number of amides is 1. The van der Waals surface area contributed by atoms with Gasteiger partial charge in [-0.3, -0.25) is 4.79 Å². The van der Waals surface area contributed by atoms with Crippen LogP contribution < -0.4 is 0 Å². The Kier molecular flexibility index (Phi) is 5.95. The van der Waals surface area contributed by atoms with E-state index >= 15 is 0 Å². The Balaban J connectivity index is 2.97. The quantitative estimate of drug-likeness (QED) is 0.827. The van der Waals surface area contributed by atoms with Crippen molar-refractivity contribution >= 4 is 5.91 Å². The van der Waals surface area contributed by atoms with Crippen molar-refractivity contribution in [2.45, 2.75) is 32.8 Å². The van der Waals surface area contributed by atoms with E-state index in [0.29, 0.717) is 12.0 Å². The number of nitrogens with zero attached hydrogens (tertiary/aromatic N) is 1. The largest absolute Gasteiger partial charge is 0.395 e. The van der Waals surface area contributed by atoms with Crippen LogP contribution in [0.3, 0.4) is 0 Å². The lowest BCUT2D eigenvalue weighted by atomic mass is 10.0. The molecule has 1 aromatic carbocycles. The van der Waals surface area contributed by atoms with Gasteiger partial charge in [0, 0.05) is 31.1 Å². The number of likely N-dealkylation sites (N-methyl/N-ethyl adjacent to an activating group) is 1. The Hall–Kier alpha value is -1.83. The number of rotatable bonds is 4. The SMILES string of the molecule is Cc1cc(C#CCCO)cc(C(=O)N(C)CC(C)(C)O)c1. The van der Waals surface area contributed by atoms with E-state index in [2.05, 4.69) is 11.8 Å². The van der Waals surface area contributed by atoms with Crippen LogP contribution in [-0.2, 0) is 0 Å². The van der Waals surface area contributed by atoms with Crippen LogP contribution >= 0.6 is 0 Å². The van der Waals surface area contributed by atoms with Crippen LogP contribution in [0.5, 0.6) is 0 Å². The lowest BCUT2D eigenvalue weighted by Gasteiger charge is -2.25. The number of hydrogen-bond donors (Lipinski definition) is 2. The summed E-state index contributed by atoms with van der Waals surface area (Å²) in [5.74, 6) is 5.64. The maximum atomic E-state index is 12.4. The molecule has 0 aromatic heterocycles. The van der Waals surface area contributed by atoms with Gasteiger partial charge >= 0.3 is 0 Å². The van der Waals surface area contributed by atoms with Crippen LogP contribution in [0.15, 0.2) is 18.2 Å². The first kappa shape index (κ1) is 17.2. The molecule has 4 heteroatoms. The summed E-state index contributed by atoms with van der Waals surface area (Å²) in [6.45, 7) is 5.52. The molecule has 0 bridgehead atoms. The average Bonchev–Trinajstić information content (AvgIpc) is 2.35. The number of carbonyl (C=O) groups excluding carboxylic acids is 1. The van der Waals surface area contributed by atoms with Crippen LogP contribution in [-0.4, -0.2) is 46.8 Å². The van der Waals surface area contributed by atoms with E-state index in [4.69, 9.17) is 5.11 Å². The summed E-state index contributed by atoms with van der Waals surface area (Å²) in [4.78, 5) is 13.9. The highest BCUT2D eigenvalue weighted by molar-refractivity contribution is 5.94. The molecule has 4 nitrogen and oxygen atoms in total. The first-order chi connectivity index (χ1) is 9.73. The van der Waals surface area contributed by atoms with Gasteiger partial charge in [0.1, 0.15) is 0 Å². The summed E-state index contributed by atoms with van der Waals surface area (Å²) in [5.41, 5.74) is 1.32. The topological polar surface area (TPSA) is 60.8 Å². The molecule has 0 aliphatic rings. The molecule has 0 atom stereocenters. The lowest BCUT2D eigenvalue weighted by Crippen LogP contribution is -2.39. The second kappa shape index (κ2) is 7.26. The van der Waals surface area contributed by atoms with Gasteiger partial charge in [0.15, 0.2) is 0 Å². The number of aliphatic hydroxyl groups excluding tert-OH is 1. The standard InChI is InChI=1S/C17H23NO3/c1-13-9-14(7-5-6-8-19)11-15(10-13)16(20)18(4)12-17(2,3)21/h9-11,19,21H,6,8,12H2,1-4H3. The maximum absolute atomic E-state index is 12.4. The fourth-order valence-corrected chi connectivity index (χ4v) is 2.07. The Morgan fingerprint density at radius 2 is 2.00 bits per heavy atom. The molecular weight excluding hydrogens is 266 g/mol. The second-order valence-corrected chi connectivity index (χ2v) is 5.84. The molecule has 1 rings (SSSR count). The summed E-state index contributed by atoms with van der Waals surface area (Å²) in [5, 5.41) is 18.5. The summed E-state index contributed by atoms with van der Waals surface area (Å²) < 4.78 is 0. The maximum Gasteiger partial charge on any atom is 0.253 e. The van der Waals surface area contributed by atoms with Gasteiger partial charge in [-0.05, 0) is 44.5 Å². The van der Waals surface area contributed by atoms with Gasteiger partial charge < -0.3 is 15.1 Å². The number of hydrogen-bond acceptors (Lipinski definition) is 3. The predicted molar refractivity (Wildman–Crippen MR) is 83.0 cm³/mol. The van der Waals surface area contributed by atoms with Crippen LogP contribution in [0.25, 0.3) is 0 Å². The van der Waals surface area contributed by atoms with E-state index in [-0.39, 0.29) is 19.1 Å². The molecule has 0 aliphatic heterocycles. The summed E-state index contributed by atoms with van der Waals surface area (Å²) in [6, 6.07) is 5.44. The minimum absolute atomic E-state index is 0.0267. The third-order valence-electron chi connectivity index (χ3n) is 2.76. The molecule has 2 N–H and O–H groups in total. The van der Waals surface area contributed by atoms with E-state index < -0.39 is 5.60 Å². The normalized spacial score (nSPS) is 10.8. The van der Waals surface area contributed by atoms with Crippen molar-refractivity contribution in [3.8, 4) is 11.8 Å². The monoisotopic (exact) mass is 289 g/mol. The van der Waals surface area contributed by atoms with E-state index in [1.54, 1.807) is 33.0 Å². The molecule has 1 amide bonds. The van der Waals surface area contributed by atoms with Crippen LogP contribution in [0, 0.1) is 18.8 Å². The van der Waals surface area contributed by atoms with Crippen molar-refractivity contribution < 1.29 is 15.0 Å². The molecule has 0 radical (unpaired) electrons. The highest BCUT2D eigenvalue weighted by atomic mass is 16.3. The number of aliphatic hydroxyl groups is 2. The molecule has 0 fully saturated rings. The highest BCUT2D eigenvalue weighted by Crippen LogP contribution is 2.13. The smallest absolute Gasteiger partial charge is 0.253 e. The van der Waals surface area contributed by atoms with Gasteiger partial charge in [0.25, 0.3) is 5.91 Å². The van der Waals surface area contributed by atoms with Crippen molar-refractivity contribution in [2.24, 2.45) is 0 Å². The van der Waals surface area contributed by atoms with E-state index in [9.17, 15) is 9.90 Å². The van der Waals surface area contributed by atoms with Gasteiger partial charge in [-0.1, -0.05) is 11.8 Å². The molecule has 0 spiro atoms. The van der Waals surface area contributed by atoms with E-state index in [0.717, 1.165) is 11.1 Å². The number of aryl methyl sites for hydroxylation is 1.